The maximum absolute atomic E-state index is 13.1. The summed E-state index contributed by atoms with van der Waals surface area (Å²) in [6, 6.07) is -0.704. The van der Waals surface area contributed by atoms with Gasteiger partial charge in [0, 0.05) is 6.42 Å². The van der Waals surface area contributed by atoms with Gasteiger partial charge in [-0.2, -0.15) is 0 Å². The molecule has 56 heavy (non-hydrogen) atoms. The van der Waals surface area contributed by atoms with E-state index < -0.39 is 18.2 Å². The second-order valence-corrected chi connectivity index (χ2v) is 16.9. The number of unbranched alkanes of at least 4 members (excludes halogenated alkanes) is 28. The van der Waals surface area contributed by atoms with E-state index in [1.165, 1.54) is 141 Å². The van der Waals surface area contributed by atoms with Gasteiger partial charge in [0.25, 0.3) is 0 Å². The molecular weight excluding hydrogens is 695 g/mol. The number of hydrogen-bond donors (Lipinski definition) is 3. The number of allylic oxidation sites excluding steroid dienone is 4. The number of ether oxygens (including phenoxy) is 1. The highest BCUT2D eigenvalue weighted by Gasteiger charge is 2.24. The Kier molecular flexibility index (Phi) is 43.1. The highest BCUT2D eigenvalue weighted by Crippen LogP contribution is 2.17. The smallest absolute Gasteiger partial charge is 0.306 e. The van der Waals surface area contributed by atoms with E-state index in [1.807, 2.05) is 0 Å². The molecule has 3 unspecified atom stereocenters. The summed E-state index contributed by atoms with van der Waals surface area (Å²) >= 11 is 0. The van der Waals surface area contributed by atoms with E-state index in [0.29, 0.717) is 19.3 Å². The minimum atomic E-state index is -0.789. The van der Waals surface area contributed by atoms with Gasteiger partial charge in [0.1, 0.15) is 6.10 Å². The van der Waals surface area contributed by atoms with Crippen LogP contribution in [0.5, 0.6) is 0 Å². The molecule has 1 amide bonds. The zero-order chi connectivity index (χ0) is 41.0. The van der Waals surface area contributed by atoms with E-state index in [2.05, 4.69) is 50.4 Å². The van der Waals surface area contributed by atoms with Crippen LogP contribution in [-0.4, -0.2) is 46.9 Å². The number of carbonyl (C=O) groups is 2. The maximum Gasteiger partial charge on any atom is 0.306 e. The molecule has 330 valence electrons. The molecule has 0 heterocycles. The Morgan fingerprint density at radius 2 is 0.875 bits per heavy atom. The second-order valence-electron chi connectivity index (χ2n) is 16.9. The molecule has 6 heteroatoms. The highest BCUT2D eigenvalue weighted by molar-refractivity contribution is 5.77. The number of rotatable bonds is 44. The molecule has 0 aromatic heterocycles. The first kappa shape index (κ1) is 54.3. The van der Waals surface area contributed by atoms with Gasteiger partial charge in [-0.05, 0) is 70.6 Å². The van der Waals surface area contributed by atoms with Crippen molar-refractivity contribution in [3.05, 3.63) is 24.3 Å². The molecule has 0 spiro atoms. The number of carbonyl (C=O) groups excluding carboxylic acids is 2. The van der Waals surface area contributed by atoms with Crippen molar-refractivity contribution in [2.24, 2.45) is 0 Å². The summed E-state index contributed by atoms with van der Waals surface area (Å²) in [5, 5.41) is 23.7. The van der Waals surface area contributed by atoms with Crippen LogP contribution in [0.3, 0.4) is 0 Å². The van der Waals surface area contributed by atoms with Crippen LogP contribution in [0.4, 0.5) is 0 Å². The van der Waals surface area contributed by atoms with E-state index in [1.54, 1.807) is 0 Å². The predicted molar refractivity (Wildman–Crippen MR) is 241 cm³/mol. The van der Waals surface area contributed by atoms with Crippen molar-refractivity contribution in [3.8, 4) is 0 Å². The summed E-state index contributed by atoms with van der Waals surface area (Å²) < 4.78 is 5.88. The average Bonchev–Trinajstić information content (AvgIpc) is 3.19. The van der Waals surface area contributed by atoms with E-state index in [9.17, 15) is 19.8 Å². The number of amides is 1. The van der Waals surface area contributed by atoms with E-state index in [-0.39, 0.29) is 24.9 Å². The van der Waals surface area contributed by atoms with E-state index >= 15 is 0 Å². The lowest BCUT2D eigenvalue weighted by Crippen LogP contribution is -2.46. The zero-order valence-electron chi connectivity index (χ0n) is 37.5. The first-order valence-electron chi connectivity index (χ1n) is 24.6. The van der Waals surface area contributed by atoms with Gasteiger partial charge in [-0.1, -0.05) is 199 Å². The molecule has 0 aliphatic rings. The van der Waals surface area contributed by atoms with Crippen LogP contribution in [0, 0.1) is 0 Å². The van der Waals surface area contributed by atoms with Crippen LogP contribution in [0.1, 0.15) is 258 Å². The monoisotopic (exact) mass is 790 g/mol. The van der Waals surface area contributed by atoms with Crippen LogP contribution >= 0.6 is 0 Å². The maximum atomic E-state index is 13.1. The van der Waals surface area contributed by atoms with E-state index in [0.717, 1.165) is 70.6 Å². The summed E-state index contributed by atoms with van der Waals surface area (Å²) in [5.74, 6) is -0.504. The lowest BCUT2D eigenvalue weighted by Gasteiger charge is -2.24. The third kappa shape index (κ3) is 39.2. The van der Waals surface area contributed by atoms with Crippen molar-refractivity contribution in [1.82, 2.24) is 5.32 Å². The van der Waals surface area contributed by atoms with Crippen molar-refractivity contribution in [2.45, 2.75) is 277 Å². The van der Waals surface area contributed by atoms with Crippen LogP contribution in [-0.2, 0) is 14.3 Å². The summed E-state index contributed by atoms with van der Waals surface area (Å²) in [7, 11) is 0. The Morgan fingerprint density at radius 1 is 0.500 bits per heavy atom. The normalized spacial score (nSPS) is 13.4. The molecule has 0 aliphatic heterocycles. The lowest BCUT2D eigenvalue weighted by molar-refractivity contribution is -0.151. The standard InChI is InChI=1S/C50H95NO5/c1-4-7-10-13-16-19-21-23-24-26-27-30-33-36-39-42-48(53)47(45-52)51-49(54)44-46(41-38-35-32-29-18-15-12-9-6-3)56-50(55)43-40-37-34-31-28-25-22-20-17-14-11-8-5-2/h15,18,25,28,46-48,52-53H,4-14,16-17,19-24,26-27,29-45H2,1-3H3,(H,51,54)/b18-15-,28-25-. The molecule has 3 N–H and O–H groups in total. The largest absolute Gasteiger partial charge is 0.462 e. The van der Waals surface area contributed by atoms with Crippen molar-refractivity contribution >= 4 is 11.9 Å². The van der Waals surface area contributed by atoms with Crippen LogP contribution in [0.25, 0.3) is 0 Å². The Labute approximate surface area is 348 Å². The molecule has 6 nitrogen and oxygen atoms in total. The molecule has 0 aromatic rings. The number of esters is 1. The predicted octanol–water partition coefficient (Wildman–Crippen LogP) is 14.3. The highest BCUT2D eigenvalue weighted by atomic mass is 16.5. The molecule has 0 saturated heterocycles. The third-order valence-corrected chi connectivity index (χ3v) is 11.3. The minimum Gasteiger partial charge on any atom is -0.462 e. The number of aliphatic hydroxyl groups excluding tert-OH is 2. The quantitative estimate of drug-likeness (QED) is 0.0324. The van der Waals surface area contributed by atoms with Crippen molar-refractivity contribution in [1.29, 1.82) is 0 Å². The molecule has 3 atom stereocenters. The lowest BCUT2D eigenvalue weighted by atomic mass is 10.0. The van der Waals surface area contributed by atoms with Crippen LogP contribution in [0.2, 0.25) is 0 Å². The Balaban J connectivity index is 4.48. The first-order chi connectivity index (χ1) is 27.5. The Morgan fingerprint density at radius 3 is 1.34 bits per heavy atom. The van der Waals surface area contributed by atoms with Gasteiger partial charge < -0.3 is 20.3 Å². The SMILES string of the molecule is CCCC/C=C\CCCCCC(CC(=O)NC(CO)C(O)CCCCCCCCCCCCCCCCC)OC(=O)CCCCC/C=C\CCCCCCCC. The minimum absolute atomic E-state index is 0.0637. The Hall–Kier alpha value is -1.66. The summed E-state index contributed by atoms with van der Waals surface area (Å²) in [4.78, 5) is 26.0. The number of aliphatic hydroxyl groups is 2. The molecule has 0 radical (unpaired) electrons. The van der Waals surface area contributed by atoms with Crippen LogP contribution < -0.4 is 5.32 Å². The fourth-order valence-electron chi connectivity index (χ4n) is 7.46. The van der Waals surface area contributed by atoms with Gasteiger partial charge in [0.15, 0.2) is 0 Å². The summed E-state index contributed by atoms with van der Waals surface area (Å²) in [6.07, 6.45) is 49.6. The molecule has 0 saturated carbocycles. The van der Waals surface area contributed by atoms with E-state index in [4.69, 9.17) is 4.74 Å². The topological polar surface area (TPSA) is 95.9 Å². The van der Waals surface area contributed by atoms with Gasteiger partial charge in [0.2, 0.25) is 5.91 Å². The van der Waals surface area contributed by atoms with Gasteiger partial charge >= 0.3 is 5.97 Å². The fraction of sp³-hybridized carbons (Fsp3) is 0.880. The van der Waals surface area contributed by atoms with Crippen molar-refractivity contribution < 1.29 is 24.5 Å². The fourth-order valence-corrected chi connectivity index (χ4v) is 7.46. The van der Waals surface area contributed by atoms with Gasteiger partial charge in [-0.25, -0.2) is 0 Å². The number of hydrogen-bond acceptors (Lipinski definition) is 5. The third-order valence-electron chi connectivity index (χ3n) is 11.3. The van der Waals surface area contributed by atoms with Gasteiger partial charge in [-0.15, -0.1) is 0 Å². The second kappa shape index (κ2) is 44.4. The first-order valence-corrected chi connectivity index (χ1v) is 24.6. The molecule has 0 bridgehead atoms. The molecule has 0 fully saturated rings. The zero-order valence-corrected chi connectivity index (χ0v) is 37.5. The Bertz CT molecular complexity index is 889. The molecular formula is C50H95NO5. The summed E-state index contributed by atoms with van der Waals surface area (Å²) in [6.45, 7) is 6.43. The average molecular weight is 790 g/mol. The van der Waals surface area contributed by atoms with Gasteiger partial charge in [0.05, 0.1) is 25.2 Å². The van der Waals surface area contributed by atoms with Crippen molar-refractivity contribution in [3.63, 3.8) is 0 Å². The molecule has 0 aromatic carbocycles. The molecule has 0 rings (SSSR count). The van der Waals surface area contributed by atoms with Crippen LogP contribution in [0.15, 0.2) is 24.3 Å². The van der Waals surface area contributed by atoms with Gasteiger partial charge in [-0.3, -0.25) is 9.59 Å². The number of nitrogens with one attached hydrogen (secondary N) is 1. The van der Waals surface area contributed by atoms with Crippen molar-refractivity contribution in [2.75, 3.05) is 6.61 Å². The summed E-state index contributed by atoms with van der Waals surface area (Å²) in [5.41, 5.74) is 0. The molecule has 0 aliphatic carbocycles.